The Hall–Kier alpha value is -1.21. The molecule has 0 N–H and O–H groups in total. The molecule has 0 radical (unpaired) electrons. The van der Waals surface area contributed by atoms with E-state index in [-0.39, 0.29) is 16.8 Å². The van der Waals surface area contributed by atoms with Crippen LogP contribution in [0.1, 0.15) is 43.2 Å². The van der Waals surface area contributed by atoms with Crippen molar-refractivity contribution in [3.63, 3.8) is 0 Å². The lowest BCUT2D eigenvalue weighted by Crippen LogP contribution is -2.20. The molecule has 2 nitrogen and oxygen atoms in total. The summed E-state index contributed by atoms with van der Waals surface area (Å²) in [5, 5.41) is 8.99. The Morgan fingerprint density at radius 2 is 2.06 bits per heavy atom. The Labute approximate surface area is 109 Å². The van der Waals surface area contributed by atoms with Crippen LogP contribution in [-0.2, 0) is 16.6 Å². The van der Waals surface area contributed by atoms with Crippen LogP contribution in [0.25, 0.3) is 0 Å². The van der Waals surface area contributed by atoms with Gasteiger partial charge in [0.25, 0.3) is 0 Å². The first-order chi connectivity index (χ1) is 8.70. The molecule has 1 aromatic rings. The fourth-order valence-corrected chi connectivity index (χ4v) is 3.98. The molecule has 1 aliphatic carbocycles. The topological polar surface area (TPSA) is 40.9 Å². The highest BCUT2D eigenvalue weighted by atomic mass is 32.2. The van der Waals surface area contributed by atoms with Crippen molar-refractivity contribution in [3.05, 3.63) is 35.1 Å². The average molecular weight is 265 g/mol. The SMILES string of the molecule is N#Cc1ccc(F)c(CS(=O)C2CCCCC2)c1. The molecule has 1 aromatic carbocycles. The van der Waals surface area contributed by atoms with Crippen LogP contribution in [0.5, 0.6) is 0 Å². The van der Waals surface area contributed by atoms with Gasteiger partial charge in [-0.3, -0.25) is 4.21 Å². The summed E-state index contributed by atoms with van der Waals surface area (Å²) >= 11 is 0. The maximum atomic E-state index is 13.6. The van der Waals surface area contributed by atoms with Crippen LogP contribution in [0.4, 0.5) is 4.39 Å². The summed E-state index contributed by atoms with van der Waals surface area (Å²) in [6.07, 6.45) is 5.42. The monoisotopic (exact) mass is 265 g/mol. The molecule has 1 fully saturated rings. The van der Waals surface area contributed by atoms with E-state index in [1.54, 1.807) is 0 Å². The summed E-state index contributed by atoms with van der Waals surface area (Å²) in [6.45, 7) is 0. The van der Waals surface area contributed by atoms with E-state index in [1.807, 2.05) is 6.07 Å². The molecule has 0 heterocycles. The van der Waals surface area contributed by atoms with E-state index in [0.717, 1.165) is 25.7 Å². The van der Waals surface area contributed by atoms with Crippen molar-refractivity contribution >= 4 is 10.8 Å². The van der Waals surface area contributed by atoms with Gasteiger partial charge in [-0.1, -0.05) is 19.3 Å². The van der Waals surface area contributed by atoms with Crippen LogP contribution < -0.4 is 0 Å². The fourth-order valence-electron chi connectivity index (χ4n) is 2.35. The highest BCUT2D eigenvalue weighted by Gasteiger charge is 2.20. The number of halogens is 1. The minimum absolute atomic E-state index is 0.198. The summed E-state index contributed by atoms with van der Waals surface area (Å²) in [6, 6.07) is 6.22. The van der Waals surface area contributed by atoms with Crippen LogP contribution in [0.2, 0.25) is 0 Å². The van der Waals surface area contributed by atoms with Gasteiger partial charge in [-0.2, -0.15) is 5.26 Å². The van der Waals surface area contributed by atoms with Gasteiger partial charge >= 0.3 is 0 Å². The maximum absolute atomic E-state index is 13.6. The number of hydrogen-bond donors (Lipinski definition) is 0. The lowest BCUT2D eigenvalue weighted by atomic mass is 10.0. The molecule has 0 aliphatic heterocycles. The summed E-state index contributed by atoms with van der Waals surface area (Å²) in [5.41, 5.74) is 0.824. The average Bonchev–Trinajstić information content (AvgIpc) is 2.42. The van der Waals surface area contributed by atoms with Gasteiger partial charge < -0.3 is 0 Å². The Morgan fingerprint density at radius 1 is 1.33 bits per heavy atom. The van der Waals surface area contributed by atoms with Gasteiger partial charge in [0.05, 0.1) is 17.4 Å². The van der Waals surface area contributed by atoms with E-state index < -0.39 is 10.8 Å². The third kappa shape index (κ3) is 3.17. The van der Waals surface area contributed by atoms with E-state index >= 15 is 0 Å². The molecule has 1 atom stereocenters. The van der Waals surface area contributed by atoms with Crippen LogP contribution >= 0.6 is 0 Å². The second kappa shape index (κ2) is 6.10. The normalized spacial score (nSPS) is 18.2. The summed E-state index contributed by atoms with van der Waals surface area (Å²) < 4.78 is 25.8. The van der Waals surface area contributed by atoms with Crippen LogP contribution in [0, 0.1) is 17.1 Å². The van der Waals surface area contributed by atoms with Crippen molar-refractivity contribution in [2.75, 3.05) is 0 Å². The molecule has 0 aromatic heterocycles. The molecule has 0 bridgehead atoms. The van der Waals surface area contributed by atoms with Crippen LogP contribution in [0.3, 0.4) is 0 Å². The number of nitrogens with zero attached hydrogens (tertiary/aromatic N) is 1. The van der Waals surface area contributed by atoms with Gasteiger partial charge in [-0.15, -0.1) is 0 Å². The molecule has 1 saturated carbocycles. The van der Waals surface area contributed by atoms with Crippen molar-refractivity contribution in [1.29, 1.82) is 5.26 Å². The number of rotatable bonds is 3. The van der Waals surface area contributed by atoms with Crippen molar-refractivity contribution in [3.8, 4) is 6.07 Å². The highest BCUT2D eigenvalue weighted by Crippen LogP contribution is 2.24. The molecule has 2 rings (SSSR count). The largest absolute Gasteiger partial charge is 0.259 e. The predicted octanol–water partition coefficient (Wildman–Crippen LogP) is 3.28. The zero-order chi connectivity index (χ0) is 13.0. The molecule has 0 amide bonds. The van der Waals surface area contributed by atoms with Gasteiger partial charge in [-0.05, 0) is 31.0 Å². The van der Waals surface area contributed by atoms with Crippen LogP contribution in [0.15, 0.2) is 18.2 Å². The molecule has 1 unspecified atom stereocenters. The predicted molar refractivity (Wildman–Crippen MR) is 69.8 cm³/mol. The second-order valence-corrected chi connectivity index (χ2v) is 6.42. The van der Waals surface area contributed by atoms with E-state index in [4.69, 9.17) is 5.26 Å². The molecular weight excluding hydrogens is 249 g/mol. The fraction of sp³-hybridized carbons (Fsp3) is 0.500. The van der Waals surface area contributed by atoms with Gasteiger partial charge in [0, 0.05) is 21.6 Å². The lowest BCUT2D eigenvalue weighted by molar-refractivity contribution is 0.504. The molecule has 18 heavy (non-hydrogen) atoms. The standard InChI is InChI=1S/C14H16FNOS/c15-14-7-6-11(9-16)8-12(14)10-18(17)13-4-2-1-3-5-13/h6-8,13H,1-5,10H2. The number of benzene rings is 1. The summed E-state index contributed by atoms with van der Waals surface area (Å²) in [4.78, 5) is 0. The van der Waals surface area contributed by atoms with E-state index in [9.17, 15) is 8.60 Å². The van der Waals surface area contributed by atoms with E-state index in [2.05, 4.69) is 0 Å². The van der Waals surface area contributed by atoms with Gasteiger partial charge in [0.15, 0.2) is 0 Å². The zero-order valence-corrected chi connectivity index (χ0v) is 11.0. The second-order valence-electron chi connectivity index (χ2n) is 4.70. The Morgan fingerprint density at radius 3 is 2.72 bits per heavy atom. The first-order valence-corrected chi connectivity index (χ1v) is 7.64. The summed E-state index contributed by atoms with van der Waals surface area (Å²) in [7, 11) is -1.03. The maximum Gasteiger partial charge on any atom is 0.127 e. The molecule has 96 valence electrons. The van der Waals surface area contributed by atoms with Crippen molar-refractivity contribution in [2.24, 2.45) is 0 Å². The van der Waals surface area contributed by atoms with Crippen molar-refractivity contribution in [2.45, 2.75) is 43.1 Å². The van der Waals surface area contributed by atoms with E-state index in [1.165, 1.54) is 24.6 Å². The number of nitriles is 1. The summed E-state index contributed by atoms with van der Waals surface area (Å²) in [5.74, 6) is -0.135. The Balaban J connectivity index is 2.08. The van der Waals surface area contributed by atoms with Crippen LogP contribution in [-0.4, -0.2) is 9.46 Å². The third-order valence-electron chi connectivity index (χ3n) is 3.40. The lowest BCUT2D eigenvalue weighted by Gasteiger charge is -2.21. The first kappa shape index (κ1) is 13.2. The van der Waals surface area contributed by atoms with Gasteiger partial charge in [0.1, 0.15) is 5.82 Å². The molecule has 4 heteroatoms. The third-order valence-corrected chi connectivity index (χ3v) is 5.21. The Bertz CT molecular complexity index is 489. The van der Waals surface area contributed by atoms with Gasteiger partial charge in [0.2, 0.25) is 0 Å². The van der Waals surface area contributed by atoms with E-state index in [0.29, 0.717) is 11.1 Å². The molecule has 0 spiro atoms. The van der Waals surface area contributed by atoms with Gasteiger partial charge in [-0.25, -0.2) is 4.39 Å². The molecular formula is C14H16FNOS. The quantitative estimate of drug-likeness (QED) is 0.841. The first-order valence-electron chi connectivity index (χ1n) is 6.26. The van der Waals surface area contributed by atoms with Crippen molar-refractivity contribution in [1.82, 2.24) is 0 Å². The minimum atomic E-state index is -1.03. The highest BCUT2D eigenvalue weighted by molar-refractivity contribution is 7.84. The smallest absolute Gasteiger partial charge is 0.127 e. The zero-order valence-electron chi connectivity index (χ0n) is 10.2. The molecule has 0 saturated heterocycles. The Kier molecular flexibility index (Phi) is 4.48. The minimum Gasteiger partial charge on any atom is -0.259 e. The van der Waals surface area contributed by atoms with Crippen molar-refractivity contribution < 1.29 is 8.60 Å². The molecule has 1 aliphatic rings. The number of hydrogen-bond acceptors (Lipinski definition) is 2.